The number of piperidine rings is 2. The number of Topliss-reactive ketones (excluding diaryl/α,β-unsaturated/α-hetero) is 1. The van der Waals surface area contributed by atoms with Gasteiger partial charge < -0.3 is 0 Å². The summed E-state index contributed by atoms with van der Waals surface area (Å²) >= 11 is 0. The predicted octanol–water partition coefficient (Wildman–Crippen LogP) is -0.624. The van der Waals surface area contributed by atoms with E-state index < -0.39 is 0 Å². The highest BCUT2D eigenvalue weighted by atomic mass is 16.6. The molecule has 2 unspecified atom stereocenters. The largest absolute Gasteiger partial charge is 0.297 e. The molecule has 0 spiro atoms. The minimum atomic E-state index is -0.354. The Morgan fingerprint density at radius 2 is 1.74 bits per heavy atom. The highest BCUT2D eigenvalue weighted by Crippen LogP contribution is 2.38. The maximum Gasteiger partial charge on any atom is 0.269 e. The summed E-state index contributed by atoms with van der Waals surface area (Å²) in [5, 5.41) is 10.9. The SMILES string of the molecule is CCC12C[NH+]3CC(C)(C[NH+](C1)C3c1ccc([N+](=O)[O-])cc1)C2=O. The number of ketones is 1. The Bertz CT molecular complexity index is 669. The van der Waals surface area contributed by atoms with Crippen molar-refractivity contribution in [3.05, 3.63) is 39.9 Å². The lowest BCUT2D eigenvalue weighted by Crippen LogP contribution is -3.41. The van der Waals surface area contributed by atoms with Crippen molar-refractivity contribution in [2.75, 3.05) is 26.2 Å². The summed E-state index contributed by atoms with van der Waals surface area (Å²) in [4.78, 5) is 26.3. The average molecular weight is 317 g/mol. The van der Waals surface area contributed by atoms with Gasteiger partial charge in [-0.15, -0.1) is 0 Å². The average Bonchev–Trinajstić information content (AvgIpc) is 2.51. The molecule has 4 heterocycles. The zero-order chi connectivity index (χ0) is 16.4. The molecule has 0 amide bonds. The number of hydrogen-bond acceptors (Lipinski definition) is 3. The van der Waals surface area contributed by atoms with Gasteiger partial charge in [0.25, 0.3) is 5.69 Å². The number of quaternary nitrogens is 2. The van der Waals surface area contributed by atoms with Crippen LogP contribution in [0.2, 0.25) is 0 Å². The monoisotopic (exact) mass is 317 g/mol. The molecule has 6 heteroatoms. The zero-order valence-electron chi connectivity index (χ0n) is 13.6. The van der Waals surface area contributed by atoms with Crippen molar-refractivity contribution in [1.29, 1.82) is 0 Å². The molecule has 4 saturated heterocycles. The van der Waals surface area contributed by atoms with Crippen molar-refractivity contribution in [1.82, 2.24) is 0 Å². The molecular formula is C17H23N3O3+2. The van der Waals surface area contributed by atoms with Gasteiger partial charge in [0, 0.05) is 12.1 Å². The van der Waals surface area contributed by atoms with Gasteiger partial charge in [0.2, 0.25) is 6.17 Å². The fraction of sp³-hybridized carbons (Fsp3) is 0.588. The summed E-state index contributed by atoms with van der Waals surface area (Å²) in [6.07, 6.45) is 1.22. The summed E-state index contributed by atoms with van der Waals surface area (Å²) in [5.41, 5.74) is 0.934. The van der Waals surface area contributed by atoms with Crippen LogP contribution >= 0.6 is 0 Å². The standard InChI is InChI=1S/C17H21N3O3/c1-3-17-10-18-8-16(2,15(17)21)9-19(11-17)14(18)12-4-6-13(7-5-12)20(22)23/h4-7,14H,3,8-11H2,1-2H3/p+2. The molecule has 0 saturated carbocycles. The third kappa shape index (κ3) is 1.91. The number of rotatable bonds is 3. The molecular weight excluding hydrogens is 294 g/mol. The number of non-ortho nitro benzene ring substituents is 1. The van der Waals surface area contributed by atoms with E-state index in [1.54, 1.807) is 12.1 Å². The number of hydrogen-bond donors (Lipinski definition) is 2. The van der Waals surface area contributed by atoms with E-state index in [1.165, 1.54) is 9.80 Å². The maximum absolute atomic E-state index is 12.9. The second kappa shape index (κ2) is 4.61. The Balaban J connectivity index is 1.69. The summed E-state index contributed by atoms with van der Waals surface area (Å²) in [6, 6.07) is 7.00. The third-order valence-electron chi connectivity index (χ3n) is 6.33. The van der Waals surface area contributed by atoms with E-state index in [9.17, 15) is 14.9 Å². The Morgan fingerprint density at radius 3 is 2.22 bits per heavy atom. The number of nitrogens with zero attached hydrogens (tertiary/aromatic N) is 1. The molecule has 5 rings (SSSR count). The van der Waals surface area contributed by atoms with Crippen LogP contribution < -0.4 is 9.80 Å². The van der Waals surface area contributed by atoms with Crippen LogP contribution in [-0.2, 0) is 4.79 Å². The van der Waals surface area contributed by atoms with Gasteiger partial charge in [0.05, 0.1) is 23.6 Å². The number of benzene rings is 1. The molecule has 4 aliphatic heterocycles. The van der Waals surface area contributed by atoms with E-state index in [0.29, 0.717) is 11.9 Å². The lowest BCUT2D eigenvalue weighted by Gasteiger charge is -2.59. The maximum atomic E-state index is 12.9. The van der Waals surface area contributed by atoms with Crippen molar-refractivity contribution in [3.8, 4) is 0 Å². The second-order valence-corrected chi connectivity index (χ2v) is 7.83. The van der Waals surface area contributed by atoms with E-state index in [2.05, 4.69) is 13.8 Å². The van der Waals surface area contributed by atoms with Gasteiger partial charge in [-0.2, -0.15) is 0 Å². The molecule has 122 valence electrons. The molecule has 6 nitrogen and oxygen atoms in total. The van der Waals surface area contributed by atoms with Gasteiger partial charge in [-0.1, -0.05) is 6.92 Å². The molecule has 4 fully saturated rings. The molecule has 0 aromatic heterocycles. The van der Waals surface area contributed by atoms with E-state index >= 15 is 0 Å². The number of carbonyl (C=O) groups is 1. The quantitative estimate of drug-likeness (QED) is 0.576. The van der Waals surface area contributed by atoms with Crippen LogP contribution in [0.25, 0.3) is 0 Å². The van der Waals surface area contributed by atoms with E-state index in [-0.39, 0.29) is 21.4 Å². The molecule has 4 aliphatic rings. The van der Waals surface area contributed by atoms with Gasteiger partial charge >= 0.3 is 0 Å². The summed E-state index contributed by atoms with van der Waals surface area (Å²) < 4.78 is 0. The normalized spacial score (nSPS) is 41.3. The number of nitro benzene ring substituents is 1. The van der Waals surface area contributed by atoms with Crippen LogP contribution in [0.4, 0.5) is 5.69 Å². The topological polar surface area (TPSA) is 69.1 Å². The molecule has 2 N–H and O–H groups in total. The lowest BCUT2D eigenvalue weighted by molar-refractivity contribution is -1.18. The van der Waals surface area contributed by atoms with Crippen LogP contribution in [0, 0.1) is 20.9 Å². The Hall–Kier alpha value is -1.79. The van der Waals surface area contributed by atoms with Crippen LogP contribution in [-0.4, -0.2) is 36.9 Å². The summed E-state index contributed by atoms with van der Waals surface area (Å²) in [5.74, 6) is 0.474. The molecule has 0 radical (unpaired) electrons. The fourth-order valence-corrected chi connectivity index (χ4v) is 5.45. The van der Waals surface area contributed by atoms with Crippen molar-refractivity contribution in [2.45, 2.75) is 26.4 Å². The van der Waals surface area contributed by atoms with Crippen LogP contribution in [0.15, 0.2) is 24.3 Å². The van der Waals surface area contributed by atoms with Crippen molar-refractivity contribution in [2.24, 2.45) is 10.8 Å². The zero-order valence-corrected chi connectivity index (χ0v) is 13.6. The first kappa shape index (κ1) is 14.8. The number of carbonyl (C=O) groups excluding carboxylic acids is 1. The third-order valence-corrected chi connectivity index (χ3v) is 6.33. The molecule has 1 aromatic rings. The Morgan fingerprint density at radius 1 is 1.17 bits per heavy atom. The minimum Gasteiger partial charge on any atom is -0.297 e. The van der Waals surface area contributed by atoms with Crippen molar-refractivity contribution in [3.63, 3.8) is 0 Å². The van der Waals surface area contributed by atoms with Crippen LogP contribution in [0.1, 0.15) is 32.0 Å². The lowest BCUT2D eigenvalue weighted by atomic mass is 9.60. The summed E-state index contributed by atoms with van der Waals surface area (Å²) in [7, 11) is 0. The van der Waals surface area contributed by atoms with E-state index in [0.717, 1.165) is 38.2 Å². The van der Waals surface area contributed by atoms with Gasteiger partial charge in [-0.05, 0) is 25.5 Å². The number of nitrogens with one attached hydrogen (secondary N) is 2. The fourth-order valence-electron chi connectivity index (χ4n) is 5.45. The van der Waals surface area contributed by atoms with Crippen LogP contribution in [0.5, 0.6) is 0 Å². The highest BCUT2D eigenvalue weighted by Gasteiger charge is 2.69. The molecule has 2 atom stereocenters. The van der Waals surface area contributed by atoms with Crippen LogP contribution in [0.3, 0.4) is 0 Å². The second-order valence-electron chi connectivity index (χ2n) is 7.83. The minimum absolute atomic E-state index is 0.139. The van der Waals surface area contributed by atoms with Crippen molar-refractivity contribution >= 4 is 11.5 Å². The molecule has 0 aliphatic carbocycles. The van der Waals surface area contributed by atoms with Crippen molar-refractivity contribution < 1.29 is 19.5 Å². The predicted molar refractivity (Wildman–Crippen MR) is 83.1 cm³/mol. The van der Waals surface area contributed by atoms with Gasteiger partial charge in [-0.3, -0.25) is 24.7 Å². The first-order valence-electron chi connectivity index (χ1n) is 8.37. The Kier molecular flexibility index (Phi) is 2.96. The Labute approximate surface area is 135 Å². The van der Waals surface area contributed by atoms with E-state index in [1.807, 2.05) is 12.1 Å². The summed E-state index contributed by atoms with van der Waals surface area (Å²) in [6.45, 7) is 7.85. The van der Waals surface area contributed by atoms with Gasteiger partial charge in [-0.25, -0.2) is 0 Å². The first-order valence-corrected chi connectivity index (χ1v) is 8.37. The highest BCUT2D eigenvalue weighted by molar-refractivity contribution is 5.91. The van der Waals surface area contributed by atoms with Gasteiger partial charge in [0.1, 0.15) is 23.9 Å². The molecule has 1 aromatic carbocycles. The van der Waals surface area contributed by atoms with Gasteiger partial charge in [0.15, 0.2) is 5.78 Å². The first-order chi connectivity index (χ1) is 10.9. The number of nitro groups is 1. The van der Waals surface area contributed by atoms with E-state index in [4.69, 9.17) is 0 Å². The molecule has 4 bridgehead atoms. The molecule has 23 heavy (non-hydrogen) atoms. The smallest absolute Gasteiger partial charge is 0.269 e.